The van der Waals surface area contributed by atoms with E-state index in [0.717, 1.165) is 118 Å². The van der Waals surface area contributed by atoms with E-state index in [9.17, 15) is 95.8 Å². The van der Waals surface area contributed by atoms with Gasteiger partial charge in [-0.15, -0.1) is 0 Å². The van der Waals surface area contributed by atoms with Crippen molar-refractivity contribution < 1.29 is 162 Å². The van der Waals surface area contributed by atoms with Crippen molar-refractivity contribution in [3.05, 3.63) is 164 Å². The molecule has 0 aliphatic carbocycles. The molecule has 133 heavy (non-hydrogen) atoms. The average Bonchev–Trinajstić information content (AvgIpc) is 0.755. The zero-order chi connectivity index (χ0) is 95.6. The van der Waals surface area contributed by atoms with Gasteiger partial charge in [0.25, 0.3) is 0 Å². The van der Waals surface area contributed by atoms with Crippen LogP contribution in [0.2, 0.25) is 10.0 Å². The van der Waals surface area contributed by atoms with Gasteiger partial charge in [0.05, 0.1) is 29.9 Å². The summed E-state index contributed by atoms with van der Waals surface area (Å²) in [4.78, 5) is 138. The molecule has 0 saturated carbocycles. The number of aromatic hydroxyl groups is 4. The van der Waals surface area contributed by atoms with Crippen molar-refractivity contribution in [1.82, 2.24) is 42.5 Å². The number of halogens is 2. The summed E-state index contributed by atoms with van der Waals surface area (Å²) >= 11 is 14.7. The van der Waals surface area contributed by atoms with Crippen molar-refractivity contribution in [2.45, 2.75) is 213 Å². The summed E-state index contributed by atoms with van der Waals surface area (Å²) in [5.74, 6) is -19.1. The maximum Gasteiger partial charge on any atom is 0.330 e. The summed E-state index contributed by atoms with van der Waals surface area (Å²) in [6, 6.07) is 0.677. The lowest BCUT2D eigenvalue weighted by Crippen LogP contribution is -2.65. The van der Waals surface area contributed by atoms with Crippen LogP contribution < -0.4 is 72.0 Å². The molecule has 25 N–H and O–H groups in total. The fourth-order valence-corrected chi connectivity index (χ4v) is 17.1. The van der Waals surface area contributed by atoms with Crippen LogP contribution in [0.1, 0.15) is 141 Å². The summed E-state index contributed by atoms with van der Waals surface area (Å²) in [6.07, 6.45) is -24.9. The number of unbranched alkanes of at least 4 members (excludes halogenated alkanes) is 4. The number of carboxylic acid groups (broad SMARTS) is 1. The van der Waals surface area contributed by atoms with E-state index in [1.807, 2.05) is 0 Å². The fourth-order valence-electron chi connectivity index (χ4n) is 16.6. The molecule has 0 unspecified atom stereocenters. The zero-order valence-corrected chi connectivity index (χ0v) is 72.5. The highest BCUT2D eigenvalue weighted by molar-refractivity contribution is 6.32. The molecule has 16 rings (SSSR count). The van der Waals surface area contributed by atoms with Crippen LogP contribution in [0.4, 0.5) is 0 Å². The quantitative estimate of drug-likeness (QED) is 0.0480. The summed E-state index contributed by atoms with van der Waals surface area (Å²) in [6.45, 7) is 2.03. The zero-order valence-electron chi connectivity index (χ0n) is 71.0. The number of amides is 8. The lowest BCUT2D eigenvalue weighted by Gasteiger charge is -2.44. The van der Waals surface area contributed by atoms with Gasteiger partial charge < -0.3 is 167 Å². The SMILES string of the molecule is CC(=O)N[C@H]1[C@H](O[C@@H]2c3ccc(c(Cl)c3)Oc3cc4cc(c3O[C@@H]3O[C@H](CO)[C@@H](O)[C@H](O)[C@H]3NC(=O)CCCCCCCC(C)C)Oc3ccc(cc3Cl)C[C@H]3NC(=O)[C@H](N)c5ccc(O)c(c5)Oc5cc(O)cc(c5)[C@H](NC3=O)C(=O)N[C@H]4C(=O)N[C@H]3C(=O)N[C@@H]2C(=O)N[C@@H](C(=O)O)c2cc(O)cc(O[C@H]4O[C@H](CO)[C@@H](O)[C@H](O)[C@@H]4O)c2-c2cc3ccc2O)O[C@H](CO)[C@@H](O)[C@@H]1O. The number of nitrogens with two attached hydrogens (primary N) is 1. The Morgan fingerprint density at radius 1 is 0.496 bits per heavy atom. The van der Waals surface area contributed by atoms with Gasteiger partial charge in [0.15, 0.2) is 35.3 Å². The monoisotopic (exact) mass is 1890 g/mol. The van der Waals surface area contributed by atoms with Crippen molar-refractivity contribution in [2.24, 2.45) is 11.7 Å². The third kappa shape index (κ3) is 21.3. The van der Waals surface area contributed by atoms with Crippen molar-refractivity contribution in [1.29, 1.82) is 0 Å². The standard InChI is InChI=1S/C89H99Cl2N9O33/c1-34(2)9-7-5-4-6-8-10-61(109)95-69-75(114)72(111)59(32-102)130-88(69)133-79-56-26-41-27-57(79)127-53-18-14-39(24-48(53)91)78(132-87-68(93-35(3)104)74(113)71(110)58(31-101)129-87)70-85(122)99-67(86(123)124)46-29-43(106)30-55(128-89-77(116)76(115)73(112)60(33-103)131-89)62(46)45-23-38(13-15-50(45)107)64(82(119)100-70)97-84(121)66(41)98-83(120)65-40-21-42(105)28-44(22-40)125-54-25-37(12-16-51(54)108)63(92)81(118)94-49(80(117)96-65)20-36-11-17-52(126-56)47(90)19-36/h11-19,21-30,34,49,58-60,63-78,87-89,101-103,105-108,110-116H,4-10,20,31-33,92H2,1-3H3,(H,93,104)(H,94,118)(H,95,109)(H,96,117)(H,97,121)(H,98,120)(H,99,122)(H,100,119)(H,123,124)/t49-,58-,59-,60-,63-,64-,65+,66-,67-,68-,69-,70+,71-,72-,73-,74-,75-,76+,77+,78-,87+,88+,89+/m1/s1. The van der Waals surface area contributed by atoms with E-state index in [4.69, 9.17) is 71.6 Å². The van der Waals surface area contributed by atoms with Crippen LogP contribution in [0.25, 0.3) is 11.1 Å². The number of fused-ring (bicyclic) bond motifs is 14. The Morgan fingerprint density at radius 2 is 1.05 bits per heavy atom. The van der Waals surface area contributed by atoms with E-state index in [-0.39, 0.29) is 39.8 Å². The molecule has 44 heteroatoms. The number of phenols is 4. The van der Waals surface area contributed by atoms with E-state index in [2.05, 4.69) is 56.4 Å². The highest BCUT2D eigenvalue weighted by Crippen LogP contribution is 2.51. The third-order valence-electron chi connectivity index (χ3n) is 23.6. The van der Waals surface area contributed by atoms with Gasteiger partial charge in [-0.2, -0.15) is 0 Å². The number of hydrogen-bond acceptors (Lipinski definition) is 33. The average molecular weight is 1890 g/mol. The fraction of sp³-hybridized carbons (Fsp3) is 0.427. The number of carbonyl (C=O) groups is 9. The van der Waals surface area contributed by atoms with Crippen molar-refractivity contribution >= 4 is 76.4 Å². The number of hydrogen-bond donors (Lipinski definition) is 24. The Balaban J connectivity index is 1.03. The van der Waals surface area contributed by atoms with E-state index >= 15 is 24.0 Å². The molecule has 9 aliphatic rings. The molecule has 9 aliphatic heterocycles. The van der Waals surface area contributed by atoms with Crippen LogP contribution in [-0.4, -0.2) is 254 Å². The topological polar surface area (TPSA) is 662 Å². The van der Waals surface area contributed by atoms with Gasteiger partial charge in [-0.3, -0.25) is 38.4 Å². The Kier molecular flexibility index (Phi) is 30.0. The molecule has 8 amide bonds. The van der Waals surface area contributed by atoms with E-state index < -0.39 is 316 Å². The molecule has 17 bridgehead atoms. The van der Waals surface area contributed by atoms with Gasteiger partial charge in [-0.25, -0.2) is 4.79 Å². The summed E-state index contributed by atoms with van der Waals surface area (Å²) in [7, 11) is 0. The molecule has 23 atom stereocenters. The minimum Gasteiger partial charge on any atom is -0.508 e. The molecule has 7 aromatic carbocycles. The normalized spacial score (nSPS) is 28.8. The van der Waals surface area contributed by atoms with Crippen LogP contribution in [0.5, 0.6) is 69.0 Å². The number of carboxylic acids is 1. The minimum atomic E-state index is -2.59. The summed E-state index contributed by atoms with van der Waals surface area (Å²) in [5.41, 5.74) is 2.80. The van der Waals surface area contributed by atoms with E-state index in [1.54, 1.807) is 0 Å². The van der Waals surface area contributed by atoms with Gasteiger partial charge >= 0.3 is 5.97 Å². The van der Waals surface area contributed by atoms with E-state index in [0.29, 0.717) is 18.8 Å². The molecular formula is C89H99Cl2N9O33. The third-order valence-corrected chi connectivity index (χ3v) is 24.2. The number of aliphatic carboxylic acids is 1. The smallest absolute Gasteiger partial charge is 0.330 e. The van der Waals surface area contributed by atoms with Crippen LogP contribution in [0.3, 0.4) is 0 Å². The molecule has 3 saturated heterocycles. The highest BCUT2D eigenvalue weighted by atomic mass is 35.5. The van der Waals surface area contributed by atoms with Crippen molar-refractivity contribution in [3.8, 4) is 80.1 Å². The van der Waals surface area contributed by atoms with Crippen molar-refractivity contribution in [3.63, 3.8) is 0 Å². The van der Waals surface area contributed by atoms with Crippen LogP contribution in [0.15, 0.2) is 115 Å². The predicted molar refractivity (Wildman–Crippen MR) is 458 cm³/mol. The van der Waals surface area contributed by atoms with Gasteiger partial charge in [-0.1, -0.05) is 93.4 Å². The first-order chi connectivity index (χ1) is 63.4. The number of rotatable bonds is 20. The highest BCUT2D eigenvalue weighted by Gasteiger charge is 2.52. The molecule has 0 spiro atoms. The molecule has 3 fully saturated rings. The molecule has 0 aromatic heterocycles. The molecule has 42 nitrogen and oxygen atoms in total. The van der Waals surface area contributed by atoms with Crippen LogP contribution >= 0.6 is 23.2 Å². The second-order valence-corrected chi connectivity index (χ2v) is 34.4. The largest absolute Gasteiger partial charge is 0.508 e. The minimum absolute atomic E-state index is 0.0270. The number of ether oxygens (including phenoxy) is 9. The number of nitrogens with one attached hydrogen (secondary N) is 8. The number of carbonyl (C=O) groups excluding carboxylic acids is 8. The Labute approximate surface area is 766 Å². The lowest BCUT2D eigenvalue weighted by molar-refractivity contribution is -0.284. The Bertz CT molecular complexity index is 5580. The number of phenolic OH excluding ortho intramolecular Hbond substituents is 4. The predicted octanol–water partition coefficient (Wildman–Crippen LogP) is 1.41. The summed E-state index contributed by atoms with van der Waals surface area (Å²) < 4.78 is 57.5. The number of benzene rings is 7. The second kappa shape index (κ2) is 41.2. The molecule has 9 heterocycles. The maximum atomic E-state index is 17.0. The molecule has 712 valence electrons. The first kappa shape index (κ1) is 97.0. The Morgan fingerprint density at radius 3 is 1.68 bits per heavy atom. The van der Waals surface area contributed by atoms with Gasteiger partial charge in [0.1, 0.15) is 156 Å². The second-order valence-electron chi connectivity index (χ2n) is 33.5. The van der Waals surface area contributed by atoms with Gasteiger partial charge in [0, 0.05) is 48.6 Å². The van der Waals surface area contributed by atoms with E-state index in [1.165, 1.54) is 30.3 Å². The first-order valence-corrected chi connectivity index (χ1v) is 43.2. The number of aliphatic hydroxyl groups is 10. The van der Waals surface area contributed by atoms with Gasteiger partial charge in [0.2, 0.25) is 65.6 Å². The van der Waals surface area contributed by atoms with Crippen LogP contribution in [0, 0.1) is 5.92 Å². The first-order valence-electron chi connectivity index (χ1n) is 42.5. The summed E-state index contributed by atoms with van der Waals surface area (Å²) in [5, 5.41) is 190. The maximum absolute atomic E-state index is 17.0. The molecule has 0 radical (unpaired) electrons. The molecular weight excluding hydrogens is 1790 g/mol. The lowest BCUT2D eigenvalue weighted by atomic mass is 9.89. The Hall–Kier alpha value is -12.0. The molecule has 7 aromatic rings. The van der Waals surface area contributed by atoms with Gasteiger partial charge in [-0.05, 0) is 125 Å². The number of aliphatic hydroxyl groups excluding tert-OH is 10. The van der Waals surface area contributed by atoms with Crippen molar-refractivity contribution in [2.75, 3.05) is 19.8 Å². The van der Waals surface area contributed by atoms with Crippen LogP contribution in [-0.2, 0) is 68.5 Å².